The second kappa shape index (κ2) is 6.67. The van der Waals surface area contributed by atoms with Crippen LogP contribution in [0.1, 0.15) is 5.56 Å². The summed E-state index contributed by atoms with van der Waals surface area (Å²) in [6, 6.07) is 0.985. The summed E-state index contributed by atoms with van der Waals surface area (Å²) in [4.78, 5) is 25.5. The van der Waals surface area contributed by atoms with Gasteiger partial charge in [0.05, 0.1) is 6.61 Å². The molecule has 0 saturated carbocycles. The Labute approximate surface area is 112 Å². The summed E-state index contributed by atoms with van der Waals surface area (Å²) in [7, 11) is 0. The van der Waals surface area contributed by atoms with Gasteiger partial charge in [-0.25, -0.2) is 9.10 Å². The Bertz CT molecular complexity index is 451. The van der Waals surface area contributed by atoms with Crippen molar-refractivity contribution in [1.82, 2.24) is 10.3 Å². The third kappa shape index (κ3) is 3.76. The van der Waals surface area contributed by atoms with Crippen molar-refractivity contribution in [2.75, 3.05) is 17.5 Å². The standard InChI is InChI=1S/C9H12BrN3O3S/c10-4-6-3-7(8(15)12-5-6)13(17)9(16)11-1-2-14/h3,5,14,17H,1-2,4H2,(H,11,16)(H,12,15). The summed E-state index contributed by atoms with van der Waals surface area (Å²) in [5.41, 5.74) is 0.526. The van der Waals surface area contributed by atoms with Gasteiger partial charge < -0.3 is 15.4 Å². The lowest BCUT2D eigenvalue weighted by Crippen LogP contribution is -2.37. The fourth-order valence-electron chi connectivity index (χ4n) is 1.10. The highest BCUT2D eigenvalue weighted by Crippen LogP contribution is 2.14. The minimum Gasteiger partial charge on any atom is -0.395 e. The van der Waals surface area contributed by atoms with Gasteiger partial charge in [-0.2, -0.15) is 0 Å². The smallest absolute Gasteiger partial charge is 0.332 e. The SMILES string of the molecule is O=C(NCCO)N(S)c1cc(CBr)c[nH]c1=O. The van der Waals surface area contributed by atoms with Crippen molar-refractivity contribution in [3.8, 4) is 0 Å². The van der Waals surface area contributed by atoms with Crippen LogP contribution in [0.3, 0.4) is 0 Å². The summed E-state index contributed by atoms with van der Waals surface area (Å²) in [6.45, 7) is -0.0723. The number of rotatable bonds is 4. The average molecular weight is 322 g/mol. The van der Waals surface area contributed by atoms with Crippen LogP contribution in [0.2, 0.25) is 0 Å². The Morgan fingerprint density at radius 1 is 1.65 bits per heavy atom. The highest BCUT2D eigenvalue weighted by molar-refractivity contribution is 9.08. The van der Waals surface area contributed by atoms with Crippen molar-refractivity contribution in [2.24, 2.45) is 0 Å². The highest BCUT2D eigenvalue weighted by Gasteiger charge is 2.15. The largest absolute Gasteiger partial charge is 0.395 e. The Hall–Kier alpha value is -0.990. The molecule has 0 atom stereocenters. The van der Waals surface area contributed by atoms with Crippen molar-refractivity contribution in [3.05, 3.63) is 28.2 Å². The number of urea groups is 1. The molecule has 0 aliphatic carbocycles. The number of nitrogens with zero attached hydrogens (tertiary/aromatic N) is 1. The molecule has 0 spiro atoms. The third-order valence-corrected chi connectivity index (χ3v) is 2.95. The molecule has 0 aliphatic rings. The van der Waals surface area contributed by atoms with Gasteiger partial charge in [0.25, 0.3) is 5.56 Å². The molecule has 94 valence electrons. The Morgan fingerprint density at radius 2 is 2.35 bits per heavy atom. The van der Waals surface area contributed by atoms with Crippen molar-refractivity contribution in [3.63, 3.8) is 0 Å². The van der Waals surface area contributed by atoms with E-state index in [0.29, 0.717) is 5.33 Å². The zero-order valence-electron chi connectivity index (χ0n) is 8.81. The average Bonchev–Trinajstić information content (AvgIpc) is 2.35. The van der Waals surface area contributed by atoms with E-state index in [0.717, 1.165) is 9.87 Å². The second-order valence-electron chi connectivity index (χ2n) is 3.12. The highest BCUT2D eigenvalue weighted by atomic mass is 79.9. The first-order valence-electron chi connectivity index (χ1n) is 4.75. The monoisotopic (exact) mass is 321 g/mol. The summed E-state index contributed by atoms with van der Waals surface area (Å²) in [6.07, 6.45) is 1.55. The molecule has 1 rings (SSSR count). The number of carbonyl (C=O) groups is 1. The lowest BCUT2D eigenvalue weighted by molar-refractivity contribution is 0.242. The van der Waals surface area contributed by atoms with Gasteiger partial charge in [-0.3, -0.25) is 4.79 Å². The van der Waals surface area contributed by atoms with Crippen LogP contribution in [-0.4, -0.2) is 29.3 Å². The molecule has 0 unspecified atom stereocenters. The molecular weight excluding hydrogens is 310 g/mol. The number of anilines is 1. The predicted octanol–water partition coefficient (Wildman–Crippen LogP) is 0.623. The molecule has 0 fully saturated rings. The van der Waals surface area contributed by atoms with Gasteiger partial charge in [-0.15, -0.1) is 0 Å². The third-order valence-electron chi connectivity index (χ3n) is 1.91. The molecular formula is C9H12BrN3O3S. The van der Waals surface area contributed by atoms with Crippen LogP contribution in [-0.2, 0) is 5.33 Å². The minimum atomic E-state index is -0.570. The summed E-state index contributed by atoms with van der Waals surface area (Å²) >= 11 is 7.19. The zero-order chi connectivity index (χ0) is 12.8. The van der Waals surface area contributed by atoms with Crippen molar-refractivity contribution >= 4 is 40.5 Å². The van der Waals surface area contributed by atoms with E-state index < -0.39 is 11.6 Å². The summed E-state index contributed by atoms with van der Waals surface area (Å²) in [5.74, 6) is 0. The number of H-pyrrole nitrogens is 1. The summed E-state index contributed by atoms with van der Waals surface area (Å²) in [5, 5.41) is 11.5. The number of pyridine rings is 1. The van der Waals surface area contributed by atoms with Crippen molar-refractivity contribution in [1.29, 1.82) is 0 Å². The van der Waals surface area contributed by atoms with E-state index in [1.54, 1.807) is 12.3 Å². The number of aromatic amines is 1. The predicted molar refractivity (Wildman–Crippen MR) is 71.6 cm³/mol. The molecule has 3 N–H and O–H groups in total. The molecule has 6 nitrogen and oxygen atoms in total. The number of aliphatic hydroxyl groups is 1. The molecule has 8 heteroatoms. The van der Waals surface area contributed by atoms with E-state index in [1.165, 1.54) is 0 Å². The van der Waals surface area contributed by atoms with E-state index >= 15 is 0 Å². The molecule has 2 amide bonds. The van der Waals surface area contributed by atoms with Gasteiger partial charge in [0.15, 0.2) is 0 Å². The molecule has 1 aromatic rings. The van der Waals surface area contributed by atoms with Crippen LogP contribution in [0.4, 0.5) is 10.5 Å². The van der Waals surface area contributed by atoms with E-state index in [2.05, 4.69) is 39.0 Å². The number of aromatic nitrogens is 1. The van der Waals surface area contributed by atoms with E-state index in [1.807, 2.05) is 0 Å². The maximum absolute atomic E-state index is 11.5. The lowest BCUT2D eigenvalue weighted by atomic mass is 10.3. The zero-order valence-corrected chi connectivity index (χ0v) is 11.3. The van der Waals surface area contributed by atoms with E-state index in [9.17, 15) is 9.59 Å². The van der Waals surface area contributed by atoms with E-state index in [4.69, 9.17) is 5.11 Å². The van der Waals surface area contributed by atoms with Gasteiger partial charge in [-0.1, -0.05) is 28.7 Å². The first kappa shape index (κ1) is 14.1. The number of alkyl halides is 1. The Kier molecular flexibility index (Phi) is 5.52. The Morgan fingerprint density at radius 3 is 2.94 bits per heavy atom. The number of hydrogen-bond acceptors (Lipinski definition) is 4. The number of aliphatic hydroxyl groups excluding tert-OH is 1. The molecule has 17 heavy (non-hydrogen) atoms. The Balaban J connectivity index is 2.90. The molecule has 1 heterocycles. The van der Waals surface area contributed by atoms with Crippen LogP contribution < -0.4 is 15.2 Å². The van der Waals surface area contributed by atoms with Gasteiger partial charge in [-0.05, 0) is 11.6 Å². The molecule has 0 saturated heterocycles. The maximum atomic E-state index is 11.5. The quantitative estimate of drug-likeness (QED) is 0.484. The van der Waals surface area contributed by atoms with Gasteiger partial charge in [0.2, 0.25) is 0 Å². The number of nitrogens with one attached hydrogen (secondary N) is 2. The number of amides is 2. The van der Waals surface area contributed by atoms with Crippen LogP contribution >= 0.6 is 28.7 Å². The van der Waals surface area contributed by atoms with Crippen LogP contribution in [0, 0.1) is 0 Å². The number of halogens is 1. The minimum absolute atomic E-state index is 0.103. The van der Waals surface area contributed by atoms with Crippen LogP contribution in [0.5, 0.6) is 0 Å². The maximum Gasteiger partial charge on any atom is 0.332 e. The fraction of sp³-hybridized carbons (Fsp3) is 0.333. The molecule has 0 aliphatic heterocycles. The second-order valence-corrected chi connectivity index (χ2v) is 4.08. The molecule has 1 aromatic heterocycles. The number of hydrogen-bond donors (Lipinski definition) is 4. The number of thiol groups is 1. The molecule has 0 aromatic carbocycles. The van der Waals surface area contributed by atoms with Gasteiger partial charge in [0, 0.05) is 18.1 Å². The van der Waals surface area contributed by atoms with Crippen LogP contribution in [0.25, 0.3) is 0 Å². The van der Waals surface area contributed by atoms with E-state index in [-0.39, 0.29) is 18.8 Å². The first-order valence-corrected chi connectivity index (χ1v) is 6.27. The van der Waals surface area contributed by atoms with Crippen LogP contribution in [0.15, 0.2) is 17.1 Å². The topological polar surface area (TPSA) is 85.4 Å². The molecule has 0 bridgehead atoms. The lowest BCUT2D eigenvalue weighted by Gasteiger charge is -2.15. The fourth-order valence-corrected chi connectivity index (χ4v) is 1.64. The number of carbonyl (C=O) groups excluding carboxylic acids is 1. The van der Waals surface area contributed by atoms with Crippen molar-refractivity contribution in [2.45, 2.75) is 5.33 Å². The van der Waals surface area contributed by atoms with Crippen molar-refractivity contribution < 1.29 is 9.90 Å². The van der Waals surface area contributed by atoms with Gasteiger partial charge in [0.1, 0.15) is 5.69 Å². The van der Waals surface area contributed by atoms with Gasteiger partial charge >= 0.3 is 6.03 Å². The summed E-state index contributed by atoms with van der Waals surface area (Å²) < 4.78 is 0.903. The normalized spacial score (nSPS) is 10.1. The first-order chi connectivity index (χ1) is 8.10. The molecule has 0 radical (unpaired) electrons.